The summed E-state index contributed by atoms with van der Waals surface area (Å²) in [5.74, 6) is -13.3. The normalized spacial score (nSPS) is 22.8. The monoisotopic (exact) mass is 1610 g/mol. The van der Waals surface area contributed by atoms with Crippen LogP contribution in [0.3, 0.4) is 0 Å². The second-order valence-corrected chi connectivity index (χ2v) is 30.4. The van der Waals surface area contributed by atoms with E-state index >= 15 is 0 Å². The molecular formula is C66H92N22O18S4. The maximum atomic E-state index is 14.4. The molecule has 3 aliphatic rings. The van der Waals surface area contributed by atoms with Crippen molar-refractivity contribution < 1.29 is 86.9 Å². The number of unbranched alkanes of at least 4 members (excludes halogenated alkanes) is 2. The maximum Gasteiger partial charge on any atom is 0.305 e. The molecule has 0 bridgehead atoms. The predicted molar refractivity (Wildman–Crippen MR) is 409 cm³/mol. The van der Waals surface area contributed by atoms with Gasteiger partial charge in [-0.25, -0.2) is 0 Å². The van der Waals surface area contributed by atoms with E-state index in [0.29, 0.717) is 54.1 Å². The minimum atomic E-state index is -1.70. The van der Waals surface area contributed by atoms with Crippen molar-refractivity contribution in [3.05, 3.63) is 72.1 Å². The Hall–Kier alpha value is -11.0. The zero-order chi connectivity index (χ0) is 80.4. The number of nitrogens with zero attached hydrogens (tertiary/aromatic N) is 3. The first-order valence-corrected chi connectivity index (χ1v) is 39.7. The summed E-state index contributed by atoms with van der Waals surface area (Å²) in [5.41, 5.74) is 34.8. The maximum absolute atomic E-state index is 14.4. The van der Waals surface area contributed by atoms with Gasteiger partial charge in [0.05, 0.1) is 32.5 Å². The minimum absolute atomic E-state index is 0.0216. The Morgan fingerprint density at radius 1 is 0.473 bits per heavy atom. The summed E-state index contributed by atoms with van der Waals surface area (Å²) in [6, 6.07) is 2.49. The number of rotatable bonds is 19. The molecule has 2 aromatic carbocycles. The van der Waals surface area contributed by atoms with Gasteiger partial charge in [-0.1, -0.05) is 79.6 Å². The number of aliphatic imine (C=N–C) groups is 2. The number of benzene rings is 2. The Morgan fingerprint density at radius 2 is 0.918 bits per heavy atom. The first kappa shape index (κ1) is 87.9. The highest BCUT2D eigenvalue weighted by Gasteiger charge is 2.41. The van der Waals surface area contributed by atoms with E-state index in [9.17, 15) is 86.9 Å². The summed E-state index contributed by atoms with van der Waals surface area (Å²) in [6.45, 7) is -1.26. The average molecular weight is 1610 g/mol. The molecule has 7 rings (SSSR count). The Bertz CT molecular complexity index is 4040. The van der Waals surface area contributed by atoms with Crippen LogP contribution in [-0.2, 0) is 83.1 Å². The van der Waals surface area contributed by atoms with E-state index in [4.69, 9.17) is 34.4 Å². The minimum Gasteiger partial charge on any atom is -0.481 e. The van der Waals surface area contributed by atoms with Crippen LogP contribution in [0, 0.1) is 0 Å². The topological polar surface area (TPSA) is 662 Å². The number of aromatic amines is 2. The highest BCUT2D eigenvalue weighted by Crippen LogP contribution is 2.30. The number of hydrogen-bond donors (Lipinski definition) is 21. The van der Waals surface area contributed by atoms with E-state index in [1.165, 1.54) is 54.3 Å². The van der Waals surface area contributed by atoms with E-state index in [1.807, 2.05) is 0 Å². The van der Waals surface area contributed by atoms with Crippen LogP contribution in [-0.4, -0.2) is 242 Å². The van der Waals surface area contributed by atoms with Crippen LogP contribution in [0.5, 0.6) is 0 Å². The number of amides is 14. The number of fused-ring (bicyclic) bond motifs is 3. The lowest BCUT2D eigenvalue weighted by Gasteiger charge is -2.30. The van der Waals surface area contributed by atoms with Crippen LogP contribution in [0.1, 0.15) is 94.2 Å². The number of carbonyl (C=O) groups is 16. The molecule has 2 aromatic heterocycles. The molecule has 44 heteroatoms. The second-order valence-electron chi connectivity index (χ2n) is 25.2. The van der Waals surface area contributed by atoms with Crippen LogP contribution >= 0.6 is 43.2 Å². The molecule has 9 atom stereocenters. The summed E-state index contributed by atoms with van der Waals surface area (Å²) in [7, 11) is 4.83. The molecule has 3 fully saturated rings. The number of hydrogen-bond acceptors (Lipinski definition) is 22. The van der Waals surface area contributed by atoms with Crippen LogP contribution in [0.15, 0.2) is 70.9 Å². The molecule has 9 unspecified atom stereocenters. The summed E-state index contributed by atoms with van der Waals surface area (Å²) in [5, 5.41) is 47.8. The summed E-state index contributed by atoms with van der Waals surface area (Å²) >= 11 is 0. The fourth-order valence-corrected chi connectivity index (χ4v) is 15.7. The first-order chi connectivity index (χ1) is 52.5. The van der Waals surface area contributed by atoms with Crippen LogP contribution in [0.2, 0.25) is 0 Å². The highest BCUT2D eigenvalue weighted by molar-refractivity contribution is 8.77. The van der Waals surface area contributed by atoms with Crippen molar-refractivity contribution >= 4 is 172 Å². The highest BCUT2D eigenvalue weighted by atomic mass is 33.1. The largest absolute Gasteiger partial charge is 0.481 e. The smallest absolute Gasteiger partial charge is 0.305 e. The number of para-hydroxylation sites is 2. The molecule has 14 amide bonds. The van der Waals surface area contributed by atoms with Crippen LogP contribution < -0.4 is 92.9 Å². The predicted octanol–water partition coefficient (Wildman–Crippen LogP) is -4.85. The van der Waals surface area contributed by atoms with Gasteiger partial charge in [-0.15, -0.1) is 0 Å². The van der Waals surface area contributed by atoms with E-state index < -0.39 is 181 Å². The van der Waals surface area contributed by atoms with Crippen molar-refractivity contribution in [2.75, 3.05) is 62.3 Å². The molecule has 3 aliphatic heterocycles. The number of aromatic nitrogens is 2. The molecule has 4 aromatic rings. The van der Waals surface area contributed by atoms with Gasteiger partial charge in [0.2, 0.25) is 76.8 Å². The van der Waals surface area contributed by atoms with E-state index in [2.05, 4.69) is 78.4 Å². The van der Waals surface area contributed by atoms with E-state index in [0.717, 1.165) is 10.9 Å². The Morgan fingerprint density at radius 3 is 1.42 bits per heavy atom. The van der Waals surface area contributed by atoms with Gasteiger partial charge in [-0.3, -0.25) is 86.7 Å². The molecule has 40 nitrogen and oxygen atoms in total. The van der Waals surface area contributed by atoms with E-state index in [-0.39, 0.29) is 93.1 Å². The number of nitrogens with one attached hydrogen (secondary N) is 13. The molecule has 3 saturated heterocycles. The Balaban J connectivity index is 0.000000344. The third-order valence-corrected chi connectivity index (χ3v) is 21.7. The summed E-state index contributed by atoms with van der Waals surface area (Å²) in [4.78, 5) is 223. The van der Waals surface area contributed by atoms with Gasteiger partial charge in [-0.2, -0.15) is 0 Å². The van der Waals surface area contributed by atoms with Gasteiger partial charge >= 0.3 is 11.9 Å². The number of guanidine groups is 2. The van der Waals surface area contributed by atoms with Crippen molar-refractivity contribution in [1.82, 2.24) is 73.4 Å². The van der Waals surface area contributed by atoms with Gasteiger partial charge in [-0.05, 0) is 69.1 Å². The van der Waals surface area contributed by atoms with Gasteiger partial charge < -0.3 is 118 Å². The Kier molecular flexibility index (Phi) is 36.0. The van der Waals surface area contributed by atoms with Crippen molar-refractivity contribution in [2.24, 2.45) is 44.4 Å². The lowest BCUT2D eigenvalue weighted by molar-refractivity contribution is -0.143. The molecule has 5 heterocycles. The fraction of sp³-hybridized carbons (Fsp3) is 0.485. The molecule has 27 N–H and O–H groups in total. The van der Waals surface area contributed by atoms with Gasteiger partial charge in [0.1, 0.15) is 54.4 Å². The lowest BCUT2D eigenvalue weighted by Crippen LogP contribution is -2.57. The number of carboxylic acid groups (broad SMARTS) is 2. The van der Waals surface area contributed by atoms with Crippen molar-refractivity contribution in [2.45, 2.75) is 138 Å². The SMILES string of the molecule is NC(=O)C1CSSCCC(=O)NC(CCCCN=C(N)N)C(=O)NCC(=O)NC(CC(=O)O)C(=O)NC(Cc2c[nH]c3ccccc23)C(=O)NCC(=O)N1.NC(=O)C1CSSCCC(=O)NC(CCCCN=C(N)N)C(=O)NCC(=O)NC(CC(=O)O)C(=O)NC(c2c[nH]c3ccccc23)C(=O)N2CCCC2C(=O)N1. The first-order valence-electron chi connectivity index (χ1n) is 34.7. The molecule has 0 aliphatic carbocycles. The number of nitrogens with two attached hydrogens (primary N) is 6. The van der Waals surface area contributed by atoms with Crippen molar-refractivity contribution in [1.29, 1.82) is 0 Å². The molecular weight excluding hydrogens is 1520 g/mol. The van der Waals surface area contributed by atoms with Crippen LogP contribution in [0.25, 0.3) is 21.8 Å². The molecule has 110 heavy (non-hydrogen) atoms. The zero-order valence-corrected chi connectivity index (χ0v) is 62.9. The quantitative estimate of drug-likeness (QED) is 0.0181. The zero-order valence-electron chi connectivity index (χ0n) is 59.6. The standard InChI is InChI=1S/C34H47N11O9S2.C32H45N11O9S2/c35-29(50)23-17-56-55-13-10-25(46)41-21(8-3-4-11-38-34(36)37)30(51)40-16-26(47)42-22(14-27(48)49)31(52)44-28(19-15-39-20-7-2-1-6-18(19)20)33(54)45-12-5-9-24(45)32(53)43-23;33-28(49)23-16-54-53-10-8-24(44)40-20(7-3-4-9-36-32(34)35)29(50)38-14-25(45)41-22(12-27(47)48)31(52)43-21(30(51)39-15-26(46)42-23)11-17-13-37-19-6-2-1-5-18(17)19/h1-2,6-7,15,21-24,28,39H,3-5,8-14,16-17H2,(H2,35,50)(H,40,51)(H,41,46)(H,42,47)(H,43,53)(H,44,52)(H,48,49)(H4,36,37,38);1-2,5-6,13,20-23,37H,3-4,7-12,14-16H2,(H2,33,49)(H,38,50)(H,39,51)(H,40,44)(H,41,45)(H,42,46)(H,43,52)(H,47,48)(H4,34,35,36). The fourth-order valence-electron chi connectivity index (χ4n) is 11.4. The summed E-state index contributed by atoms with van der Waals surface area (Å²) < 4.78 is 0. The van der Waals surface area contributed by atoms with Crippen molar-refractivity contribution in [3.8, 4) is 0 Å². The summed E-state index contributed by atoms with van der Waals surface area (Å²) in [6.07, 6.45) is 4.01. The van der Waals surface area contributed by atoms with Gasteiger partial charge in [0, 0.05) is 102 Å². The van der Waals surface area contributed by atoms with Gasteiger partial charge in [0.25, 0.3) is 5.91 Å². The number of carboxylic acids is 2. The van der Waals surface area contributed by atoms with Crippen molar-refractivity contribution in [3.63, 3.8) is 0 Å². The molecule has 0 saturated carbocycles. The Labute approximate surface area is 645 Å². The molecule has 598 valence electrons. The van der Waals surface area contributed by atoms with Crippen LogP contribution in [0.4, 0.5) is 0 Å². The van der Waals surface area contributed by atoms with E-state index in [1.54, 1.807) is 54.7 Å². The number of primary amides is 2. The second kappa shape index (κ2) is 45.1. The average Bonchev–Trinajstić information content (AvgIpc) is 1.62. The van der Waals surface area contributed by atoms with Gasteiger partial charge in [0.15, 0.2) is 11.9 Å². The third kappa shape index (κ3) is 29.5. The number of H-pyrrole nitrogens is 2. The molecule has 0 radical (unpaired) electrons. The third-order valence-electron chi connectivity index (χ3n) is 16.9. The number of aliphatic carboxylic acids is 2. The lowest BCUT2D eigenvalue weighted by atomic mass is 10.0. The number of carbonyl (C=O) groups excluding carboxylic acids is 14. The molecule has 0 spiro atoms.